The molecule has 4 rings (SSSR count). The van der Waals surface area contributed by atoms with Gasteiger partial charge in [0.15, 0.2) is 0 Å². The molecule has 2 N–H and O–H groups in total. The van der Waals surface area contributed by atoms with E-state index >= 15 is 0 Å². The number of hydrogen-bond acceptors (Lipinski definition) is 4. The van der Waals surface area contributed by atoms with E-state index in [4.69, 9.17) is 9.52 Å². The fourth-order valence-electron chi connectivity index (χ4n) is 3.02. The number of furan rings is 1. The summed E-state index contributed by atoms with van der Waals surface area (Å²) in [5.41, 5.74) is 0. The number of rotatable bonds is 4. The largest absolute Gasteiger partial charge is 0.475 e. The topological polar surface area (TPSA) is 65.7 Å². The first kappa shape index (κ1) is 11.7. The van der Waals surface area contributed by atoms with E-state index in [2.05, 4.69) is 10.2 Å². The minimum absolute atomic E-state index is 0.0146. The van der Waals surface area contributed by atoms with Crippen molar-refractivity contribution < 1.29 is 14.3 Å². The molecule has 5 heteroatoms. The summed E-state index contributed by atoms with van der Waals surface area (Å²) < 4.78 is 5.24. The fraction of sp³-hybridized carbons (Fsp3) is 0.615. The maximum atomic E-state index is 10.7. The molecule has 1 aromatic heterocycles. The van der Waals surface area contributed by atoms with Gasteiger partial charge in [0, 0.05) is 12.6 Å². The first-order valence-corrected chi connectivity index (χ1v) is 6.50. The van der Waals surface area contributed by atoms with E-state index in [1.54, 1.807) is 6.07 Å². The van der Waals surface area contributed by atoms with Gasteiger partial charge >= 0.3 is 5.97 Å². The first-order valence-electron chi connectivity index (χ1n) is 6.50. The molecule has 0 saturated carbocycles. The van der Waals surface area contributed by atoms with Gasteiger partial charge in [-0.05, 0) is 44.0 Å². The van der Waals surface area contributed by atoms with Crippen molar-refractivity contribution in [1.29, 1.82) is 0 Å². The van der Waals surface area contributed by atoms with E-state index in [-0.39, 0.29) is 5.76 Å². The van der Waals surface area contributed by atoms with Crippen molar-refractivity contribution in [2.24, 2.45) is 5.92 Å². The fourth-order valence-corrected chi connectivity index (χ4v) is 3.02. The summed E-state index contributed by atoms with van der Waals surface area (Å²) in [5, 5.41) is 12.3. The number of carbonyl (C=O) groups is 1. The third-order valence-electron chi connectivity index (χ3n) is 4.07. The van der Waals surface area contributed by atoms with Crippen molar-refractivity contribution in [2.45, 2.75) is 25.4 Å². The maximum Gasteiger partial charge on any atom is 0.371 e. The Kier molecular flexibility index (Phi) is 3.09. The van der Waals surface area contributed by atoms with Gasteiger partial charge in [0.2, 0.25) is 5.76 Å². The van der Waals surface area contributed by atoms with Gasteiger partial charge in [-0.25, -0.2) is 4.79 Å². The molecule has 1 atom stereocenters. The standard InChI is InChI=1S/C13H18N2O3/c16-13(17)12-2-1-10(18-12)7-14-11-8-15-5-3-9(11)4-6-15/h1-2,9,11,14H,3-8H2,(H,16,17). The quantitative estimate of drug-likeness (QED) is 0.839. The van der Waals surface area contributed by atoms with Gasteiger partial charge in [0.1, 0.15) is 5.76 Å². The Bertz CT molecular complexity index is 435. The molecule has 0 amide bonds. The summed E-state index contributed by atoms with van der Waals surface area (Å²) in [5.74, 6) is 0.470. The van der Waals surface area contributed by atoms with E-state index in [9.17, 15) is 4.79 Å². The van der Waals surface area contributed by atoms with E-state index in [0.717, 1.165) is 12.5 Å². The summed E-state index contributed by atoms with van der Waals surface area (Å²) in [7, 11) is 0. The highest BCUT2D eigenvalue weighted by Gasteiger charge is 2.33. The number of carboxylic acids is 1. The molecule has 1 unspecified atom stereocenters. The Morgan fingerprint density at radius 1 is 1.44 bits per heavy atom. The molecule has 18 heavy (non-hydrogen) atoms. The SMILES string of the molecule is O=C(O)c1ccc(CNC2CN3CCC2CC3)o1. The number of piperidine rings is 3. The first-order chi connectivity index (χ1) is 8.72. The van der Waals surface area contributed by atoms with Crippen LogP contribution in [0.3, 0.4) is 0 Å². The molecular formula is C13H18N2O3. The smallest absolute Gasteiger partial charge is 0.371 e. The zero-order chi connectivity index (χ0) is 12.5. The van der Waals surface area contributed by atoms with Crippen LogP contribution >= 0.6 is 0 Å². The van der Waals surface area contributed by atoms with Crippen molar-refractivity contribution >= 4 is 5.97 Å². The lowest BCUT2D eigenvalue weighted by Crippen LogP contribution is -2.55. The third kappa shape index (κ3) is 2.28. The van der Waals surface area contributed by atoms with Crippen LogP contribution < -0.4 is 5.32 Å². The van der Waals surface area contributed by atoms with E-state index in [1.165, 1.54) is 32.0 Å². The molecule has 0 radical (unpaired) electrons. The molecular weight excluding hydrogens is 232 g/mol. The number of carboxylic acid groups (broad SMARTS) is 1. The van der Waals surface area contributed by atoms with E-state index in [0.29, 0.717) is 18.3 Å². The van der Waals surface area contributed by atoms with Crippen LogP contribution in [-0.4, -0.2) is 41.7 Å². The minimum Gasteiger partial charge on any atom is -0.475 e. The Hall–Kier alpha value is -1.33. The lowest BCUT2D eigenvalue weighted by Gasteiger charge is -2.45. The average molecular weight is 250 g/mol. The second-order valence-electron chi connectivity index (χ2n) is 5.20. The van der Waals surface area contributed by atoms with Crippen molar-refractivity contribution in [3.8, 4) is 0 Å². The molecule has 0 aliphatic carbocycles. The normalized spacial score (nSPS) is 30.6. The van der Waals surface area contributed by atoms with Gasteiger partial charge in [0.25, 0.3) is 0 Å². The zero-order valence-electron chi connectivity index (χ0n) is 10.3. The van der Waals surface area contributed by atoms with E-state index < -0.39 is 5.97 Å². The zero-order valence-corrected chi connectivity index (χ0v) is 10.3. The summed E-state index contributed by atoms with van der Waals surface area (Å²) in [6.45, 7) is 4.18. The van der Waals surface area contributed by atoms with Gasteiger partial charge in [-0.3, -0.25) is 0 Å². The molecule has 0 aromatic carbocycles. The van der Waals surface area contributed by atoms with Crippen LogP contribution in [0.1, 0.15) is 29.2 Å². The molecule has 3 saturated heterocycles. The van der Waals surface area contributed by atoms with Gasteiger partial charge in [0.05, 0.1) is 6.54 Å². The molecule has 4 heterocycles. The van der Waals surface area contributed by atoms with Gasteiger partial charge < -0.3 is 19.7 Å². The van der Waals surface area contributed by atoms with Crippen molar-refractivity contribution in [2.75, 3.05) is 19.6 Å². The minimum atomic E-state index is -1.01. The molecule has 1 aromatic rings. The highest BCUT2D eigenvalue weighted by Crippen LogP contribution is 2.27. The van der Waals surface area contributed by atoms with Crippen LogP contribution in [0.4, 0.5) is 0 Å². The summed E-state index contributed by atoms with van der Waals surface area (Å²) >= 11 is 0. The number of nitrogens with one attached hydrogen (secondary N) is 1. The third-order valence-corrected chi connectivity index (χ3v) is 4.07. The van der Waals surface area contributed by atoms with Gasteiger partial charge in [-0.1, -0.05) is 0 Å². The number of nitrogens with zero attached hydrogens (tertiary/aromatic N) is 1. The lowest BCUT2D eigenvalue weighted by atomic mass is 9.84. The van der Waals surface area contributed by atoms with Crippen LogP contribution in [0, 0.1) is 5.92 Å². The van der Waals surface area contributed by atoms with Crippen LogP contribution in [0.5, 0.6) is 0 Å². The maximum absolute atomic E-state index is 10.7. The highest BCUT2D eigenvalue weighted by atomic mass is 16.4. The average Bonchev–Trinajstić information content (AvgIpc) is 2.87. The monoisotopic (exact) mass is 250 g/mol. The molecule has 3 fully saturated rings. The lowest BCUT2D eigenvalue weighted by molar-refractivity contribution is 0.0653. The van der Waals surface area contributed by atoms with Crippen molar-refractivity contribution in [3.05, 3.63) is 23.7 Å². The number of aromatic carboxylic acids is 1. The van der Waals surface area contributed by atoms with E-state index in [1.807, 2.05) is 0 Å². The predicted octanol–water partition coefficient (Wildman–Crippen LogP) is 1.16. The Morgan fingerprint density at radius 2 is 2.22 bits per heavy atom. The molecule has 3 aliphatic rings. The van der Waals surface area contributed by atoms with Crippen LogP contribution in [0.15, 0.2) is 16.5 Å². The molecule has 2 bridgehead atoms. The Labute approximate surface area is 106 Å². The van der Waals surface area contributed by atoms with Crippen molar-refractivity contribution in [1.82, 2.24) is 10.2 Å². The molecule has 3 aliphatic heterocycles. The Balaban J connectivity index is 1.56. The predicted molar refractivity (Wildman–Crippen MR) is 65.5 cm³/mol. The summed E-state index contributed by atoms with van der Waals surface area (Å²) in [6.07, 6.45) is 2.55. The van der Waals surface area contributed by atoms with Crippen molar-refractivity contribution in [3.63, 3.8) is 0 Å². The second-order valence-corrected chi connectivity index (χ2v) is 5.20. The Morgan fingerprint density at radius 3 is 2.78 bits per heavy atom. The molecule has 5 nitrogen and oxygen atoms in total. The van der Waals surface area contributed by atoms with Crippen LogP contribution in [0.2, 0.25) is 0 Å². The van der Waals surface area contributed by atoms with Gasteiger partial charge in [-0.2, -0.15) is 0 Å². The summed E-state index contributed by atoms with van der Waals surface area (Å²) in [4.78, 5) is 13.2. The highest BCUT2D eigenvalue weighted by molar-refractivity contribution is 5.84. The number of hydrogen-bond donors (Lipinski definition) is 2. The van der Waals surface area contributed by atoms with Crippen LogP contribution in [-0.2, 0) is 6.54 Å². The van der Waals surface area contributed by atoms with Crippen LogP contribution in [0.25, 0.3) is 0 Å². The number of fused-ring (bicyclic) bond motifs is 3. The second kappa shape index (κ2) is 4.74. The summed E-state index contributed by atoms with van der Waals surface area (Å²) in [6, 6.07) is 3.76. The molecule has 0 spiro atoms. The molecule has 98 valence electrons. The van der Waals surface area contributed by atoms with Gasteiger partial charge in [-0.15, -0.1) is 0 Å².